The monoisotopic (exact) mass is 295 g/mol. The molecule has 0 spiro atoms. The summed E-state index contributed by atoms with van der Waals surface area (Å²) in [4.78, 5) is 11.6. The third-order valence-corrected chi connectivity index (χ3v) is 4.28. The van der Waals surface area contributed by atoms with E-state index < -0.39 is 12.0 Å². The first-order valence-electron chi connectivity index (χ1n) is 7.33. The minimum absolute atomic E-state index is 0.300. The number of nitrogens with one attached hydrogen (secondary N) is 1. The molecule has 3 nitrogen and oxygen atoms in total. The van der Waals surface area contributed by atoms with Crippen LogP contribution >= 0.6 is 11.6 Å². The maximum Gasteiger partial charge on any atom is 0.325 e. The van der Waals surface area contributed by atoms with Crippen molar-refractivity contribution in [1.29, 1.82) is 0 Å². The van der Waals surface area contributed by atoms with Gasteiger partial charge < -0.3 is 5.11 Å². The maximum atomic E-state index is 11.6. The summed E-state index contributed by atoms with van der Waals surface area (Å²) in [5, 5.41) is 13.5. The van der Waals surface area contributed by atoms with E-state index in [1.54, 1.807) is 6.07 Å². The second kappa shape index (κ2) is 7.09. The third kappa shape index (κ3) is 3.97. The van der Waals surface area contributed by atoms with Crippen LogP contribution in [0.2, 0.25) is 5.02 Å². The molecule has 0 radical (unpaired) electrons. The highest BCUT2D eigenvalue weighted by molar-refractivity contribution is 6.30. The zero-order chi connectivity index (χ0) is 14.5. The summed E-state index contributed by atoms with van der Waals surface area (Å²) in [6.07, 6.45) is 7.02. The molecule has 110 valence electrons. The Morgan fingerprint density at radius 3 is 2.50 bits per heavy atom. The topological polar surface area (TPSA) is 49.3 Å². The van der Waals surface area contributed by atoms with Crippen molar-refractivity contribution in [3.63, 3.8) is 0 Å². The highest BCUT2D eigenvalue weighted by Gasteiger charge is 2.25. The van der Waals surface area contributed by atoms with Gasteiger partial charge in [0.05, 0.1) is 0 Å². The Hall–Kier alpha value is -1.06. The van der Waals surface area contributed by atoms with Crippen LogP contribution in [0.1, 0.15) is 55.7 Å². The van der Waals surface area contributed by atoms with Gasteiger partial charge in [-0.3, -0.25) is 10.1 Å². The highest BCUT2D eigenvalue weighted by atomic mass is 35.5. The minimum atomic E-state index is -0.820. The van der Waals surface area contributed by atoms with Crippen LogP contribution in [0.3, 0.4) is 0 Å². The van der Waals surface area contributed by atoms with Gasteiger partial charge in [-0.2, -0.15) is 0 Å². The van der Waals surface area contributed by atoms with Crippen LogP contribution < -0.4 is 5.32 Å². The van der Waals surface area contributed by atoms with E-state index in [-0.39, 0.29) is 0 Å². The van der Waals surface area contributed by atoms with Crippen LogP contribution in [0.25, 0.3) is 0 Å². The zero-order valence-corrected chi connectivity index (χ0v) is 12.6. The number of aryl methyl sites for hydroxylation is 1. The fraction of sp³-hybridized carbons (Fsp3) is 0.562. The Balaban J connectivity index is 2.15. The van der Waals surface area contributed by atoms with Crippen molar-refractivity contribution in [2.75, 3.05) is 0 Å². The van der Waals surface area contributed by atoms with Gasteiger partial charge in [0.1, 0.15) is 6.04 Å². The lowest BCUT2D eigenvalue weighted by atomic mass is 9.99. The van der Waals surface area contributed by atoms with Gasteiger partial charge in [0.2, 0.25) is 0 Å². The van der Waals surface area contributed by atoms with Gasteiger partial charge in [-0.05, 0) is 43.0 Å². The largest absolute Gasteiger partial charge is 0.480 e. The van der Waals surface area contributed by atoms with E-state index in [2.05, 4.69) is 5.32 Å². The number of carboxylic acids is 1. The van der Waals surface area contributed by atoms with E-state index in [1.165, 1.54) is 25.7 Å². The first-order chi connectivity index (χ1) is 9.58. The molecule has 1 unspecified atom stereocenters. The number of hydrogen-bond acceptors (Lipinski definition) is 2. The molecule has 20 heavy (non-hydrogen) atoms. The Morgan fingerprint density at radius 2 is 1.95 bits per heavy atom. The van der Waals surface area contributed by atoms with Crippen LogP contribution in [0, 0.1) is 6.92 Å². The Bertz CT molecular complexity index is 468. The van der Waals surface area contributed by atoms with Crippen LogP contribution in [0.15, 0.2) is 18.2 Å². The fourth-order valence-corrected chi connectivity index (χ4v) is 3.17. The molecule has 0 bridgehead atoms. The van der Waals surface area contributed by atoms with Crippen molar-refractivity contribution in [3.05, 3.63) is 34.3 Å². The highest BCUT2D eigenvalue weighted by Crippen LogP contribution is 2.25. The van der Waals surface area contributed by atoms with Crippen molar-refractivity contribution in [2.24, 2.45) is 0 Å². The molecule has 1 aliphatic rings. The van der Waals surface area contributed by atoms with Gasteiger partial charge in [-0.25, -0.2) is 0 Å². The zero-order valence-electron chi connectivity index (χ0n) is 11.9. The molecule has 0 amide bonds. The number of halogens is 1. The Morgan fingerprint density at radius 1 is 1.30 bits per heavy atom. The van der Waals surface area contributed by atoms with Crippen LogP contribution in [-0.2, 0) is 4.79 Å². The number of benzene rings is 1. The van der Waals surface area contributed by atoms with E-state index in [9.17, 15) is 9.90 Å². The molecular formula is C16H22ClNO2. The number of aliphatic carboxylic acids is 1. The average molecular weight is 296 g/mol. The van der Waals surface area contributed by atoms with E-state index in [0.717, 1.165) is 24.0 Å². The second-order valence-electron chi connectivity index (χ2n) is 5.63. The normalized spacial score (nSPS) is 18.5. The molecule has 2 N–H and O–H groups in total. The van der Waals surface area contributed by atoms with E-state index >= 15 is 0 Å². The summed E-state index contributed by atoms with van der Waals surface area (Å²) in [7, 11) is 0. The van der Waals surface area contributed by atoms with Crippen molar-refractivity contribution < 1.29 is 9.90 Å². The SMILES string of the molecule is Cc1cc(Cl)ccc1C(NC1CCCCCC1)C(=O)O. The molecule has 0 saturated heterocycles. The molecule has 1 atom stereocenters. The van der Waals surface area contributed by atoms with Gasteiger partial charge in [-0.15, -0.1) is 0 Å². The molecule has 4 heteroatoms. The summed E-state index contributed by atoms with van der Waals surface area (Å²) in [5.41, 5.74) is 1.73. The van der Waals surface area contributed by atoms with Crippen molar-refractivity contribution >= 4 is 17.6 Å². The molecule has 1 fully saturated rings. The standard InChI is InChI=1S/C16H22ClNO2/c1-11-10-12(17)8-9-14(11)15(16(19)20)18-13-6-4-2-3-5-7-13/h8-10,13,15,18H,2-7H2,1H3,(H,19,20). The summed E-state index contributed by atoms with van der Waals surface area (Å²) in [6, 6.07) is 5.06. The van der Waals surface area contributed by atoms with E-state index in [1.807, 2.05) is 19.1 Å². The number of carbonyl (C=O) groups is 1. The van der Waals surface area contributed by atoms with Crippen LogP contribution in [0.5, 0.6) is 0 Å². The van der Waals surface area contributed by atoms with Gasteiger partial charge in [0.25, 0.3) is 0 Å². The molecule has 0 aromatic heterocycles. The average Bonchev–Trinajstić information content (AvgIpc) is 2.65. The smallest absolute Gasteiger partial charge is 0.325 e. The van der Waals surface area contributed by atoms with Gasteiger partial charge in [0.15, 0.2) is 0 Å². The summed E-state index contributed by atoms with van der Waals surface area (Å²) < 4.78 is 0. The quantitative estimate of drug-likeness (QED) is 0.823. The first-order valence-corrected chi connectivity index (χ1v) is 7.70. The van der Waals surface area contributed by atoms with Gasteiger partial charge in [0, 0.05) is 11.1 Å². The van der Waals surface area contributed by atoms with Gasteiger partial charge >= 0.3 is 5.97 Å². The predicted octanol–water partition coefficient (Wildman–Crippen LogP) is 4.09. The van der Waals surface area contributed by atoms with Crippen LogP contribution in [-0.4, -0.2) is 17.1 Å². The van der Waals surface area contributed by atoms with Crippen molar-refractivity contribution in [2.45, 2.75) is 57.5 Å². The molecule has 0 aliphatic heterocycles. The lowest BCUT2D eigenvalue weighted by molar-refractivity contribution is -0.140. The molecule has 1 aromatic rings. The number of carboxylic acid groups (broad SMARTS) is 1. The lowest BCUT2D eigenvalue weighted by Gasteiger charge is -2.23. The van der Waals surface area contributed by atoms with E-state index in [4.69, 9.17) is 11.6 Å². The van der Waals surface area contributed by atoms with E-state index in [0.29, 0.717) is 11.1 Å². The molecular weight excluding hydrogens is 274 g/mol. The molecule has 1 saturated carbocycles. The second-order valence-corrected chi connectivity index (χ2v) is 6.06. The number of hydrogen-bond donors (Lipinski definition) is 2. The third-order valence-electron chi connectivity index (χ3n) is 4.05. The maximum absolute atomic E-state index is 11.6. The molecule has 1 aromatic carbocycles. The van der Waals surface area contributed by atoms with Gasteiger partial charge in [-0.1, -0.05) is 43.4 Å². The predicted molar refractivity (Wildman–Crippen MR) is 81.2 cm³/mol. The number of rotatable bonds is 4. The Labute approximate surface area is 125 Å². The molecule has 1 aliphatic carbocycles. The molecule has 0 heterocycles. The summed E-state index contributed by atoms with van der Waals surface area (Å²) >= 11 is 5.95. The van der Waals surface area contributed by atoms with Crippen molar-refractivity contribution in [1.82, 2.24) is 5.32 Å². The Kier molecular flexibility index (Phi) is 5.44. The summed E-state index contributed by atoms with van der Waals surface area (Å²) in [5.74, 6) is -0.820. The summed E-state index contributed by atoms with van der Waals surface area (Å²) in [6.45, 7) is 1.91. The molecule has 2 rings (SSSR count). The lowest BCUT2D eigenvalue weighted by Crippen LogP contribution is -2.37. The fourth-order valence-electron chi connectivity index (χ4n) is 2.94. The van der Waals surface area contributed by atoms with Crippen molar-refractivity contribution in [3.8, 4) is 0 Å². The minimum Gasteiger partial charge on any atom is -0.480 e. The first kappa shape index (κ1) is 15.3. The van der Waals surface area contributed by atoms with Crippen LogP contribution in [0.4, 0.5) is 0 Å².